The molecule has 3 rings (SSSR count). The maximum Gasteiger partial charge on any atom is 0.193 e. The summed E-state index contributed by atoms with van der Waals surface area (Å²) in [6.45, 7) is 2.50. The van der Waals surface area contributed by atoms with Crippen molar-refractivity contribution >= 4 is 11.6 Å². The Labute approximate surface area is 137 Å². The summed E-state index contributed by atoms with van der Waals surface area (Å²) in [7, 11) is 0. The topological polar surface area (TPSA) is 59.6 Å². The highest BCUT2D eigenvalue weighted by Crippen LogP contribution is 2.24. The van der Waals surface area contributed by atoms with Gasteiger partial charge >= 0.3 is 0 Å². The zero-order valence-corrected chi connectivity index (χ0v) is 13.5. The van der Waals surface area contributed by atoms with Gasteiger partial charge in [0.1, 0.15) is 11.9 Å². The number of anilines is 1. The smallest absolute Gasteiger partial charge is 0.193 e. The minimum absolute atomic E-state index is 0.0298. The molecule has 2 aromatic carbocycles. The van der Waals surface area contributed by atoms with Crippen molar-refractivity contribution in [1.29, 1.82) is 0 Å². The van der Waals surface area contributed by atoms with Gasteiger partial charge in [-0.05, 0) is 61.6 Å². The average molecular weight is 309 g/mol. The fraction of sp³-hybridized carbons (Fsp3) is 0.316. The van der Waals surface area contributed by atoms with Crippen molar-refractivity contribution < 1.29 is 4.74 Å². The number of rotatable bonds is 5. The highest BCUT2D eigenvalue weighted by atomic mass is 16.5. The molecule has 1 aliphatic carbocycles. The van der Waals surface area contributed by atoms with Gasteiger partial charge in [0.05, 0.1) is 6.54 Å². The molecule has 23 heavy (non-hydrogen) atoms. The molecule has 1 atom stereocenters. The number of guanidine groups is 1. The van der Waals surface area contributed by atoms with Crippen molar-refractivity contribution in [3.63, 3.8) is 0 Å². The molecule has 0 amide bonds. The van der Waals surface area contributed by atoms with Crippen LogP contribution in [0.2, 0.25) is 0 Å². The second kappa shape index (κ2) is 7.18. The number of nitrogens with zero attached hydrogens (tertiary/aromatic N) is 1. The number of hydrogen-bond acceptors (Lipinski definition) is 2. The third-order valence-corrected chi connectivity index (χ3v) is 3.97. The Morgan fingerprint density at radius 1 is 1.17 bits per heavy atom. The van der Waals surface area contributed by atoms with E-state index >= 15 is 0 Å². The van der Waals surface area contributed by atoms with E-state index in [2.05, 4.69) is 28.5 Å². The van der Waals surface area contributed by atoms with Crippen LogP contribution in [0.1, 0.15) is 24.5 Å². The molecule has 3 N–H and O–H groups in total. The Bertz CT molecular complexity index is 682. The van der Waals surface area contributed by atoms with Gasteiger partial charge in [-0.2, -0.15) is 0 Å². The van der Waals surface area contributed by atoms with Gasteiger partial charge in [0.25, 0.3) is 0 Å². The Morgan fingerprint density at radius 2 is 1.96 bits per heavy atom. The third kappa shape index (κ3) is 4.25. The van der Waals surface area contributed by atoms with Crippen LogP contribution < -0.4 is 15.8 Å². The SMILES string of the molecule is CC(CN=C(N)Nc1ccc2c(c1)CCC2)Oc1ccccc1. The first-order valence-corrected chi connectivity index (χ1v) is 8.11. The Morgan fingerprint density at radius 3 is 2.78 bits per heavy atom. The lowest BCUT2D eigenvalue weighted by atomic mass is 10.1. The first-order valence-electron chi connectivity index (χ1n) is 8.11. The van der Waals surface area contributed by atoms with E-state index in [4.69, 9.17) is 10.5 Å². The molecule has 4 heteroatoms. The normalized spacial score (nSPS) is 15.1. The molecular formula is C19H23N3O. The summed E-state index contributed by atoms with van der Waals surface area (Å²) in [6, 6.07) is 16.2. The van der Waals surface area contributed by atoms with Crippen molar-refractivity contribution in [2.45, 2.75) is 32.3 Å². The molecule has 0 aliphatic heterocycles. The molecule has 2 aromatic rings. The summed E-state index contributed by atoms with van der Waals surface area (Å²) in [5.74, 6) is 1.27. The van der Waals surface area contributed by atoms with E-state index in [1.54, 1.807) is 0 Å². The summed E-state index contributed by atoms with van der Waals surface area (Å²) in [6.07, 6.45) is 3.56. The number of nitrogens with two attached hydrogens (primary N) is 1. The highest BCUT2D eigenvalue weighted by molar-refractivity contribution is 5.92. The van der Waals surface area contributed by atoms with E-state index in [0.717, 1.165) is 17.9 Å². The summed E-state index contributed by atoms with van der Waals surface area (Å²) >= 11 is 0. The van der Waals surface area contributed by atoms with Crippen LogP contribution in [0.4, 0.5) is 5.69 Å². The number of fused-ring (bicyclic) bond motifs is 1. The molecule has 0 heterocycles. The quantitative estimate of drug-likeness (QED) is 0.657. The van der Waals surface area contributed by atoms with Crippen LogP contribution in [-0.4, -0.2) is 18.6 Å². The first-order chi connectivity index (χ1) is 11.2. The largest absolute Gasteiger partial charge is 0.489 e. The van der Waals surface area contributed by atoms with Crippen LogP contribution in [0, 0.1) is 0 Å². The number of para-hydroxylation sites is 1. The van der Waals surface area contributed by atoms with Crippen LogP contribution in [0.5, 0.6) is 5.75 Å². The molecule has 0 radical (unpaired) electrons. The minimum atomic E-state index is -0.0298. The average Bonchev–Trinajstić information content (AvgIpc) is 3.01. The van der Waals surface area contributed by atoms with Crippen LogP contribution >= 0.6 is 0 Å². The lowest BCUT2D eigenvalue weighted by molar-refractivity contribution is 0.230. The molecule has 0 fully saturated rings. The van der Waals surface area contributed by atoms with E-state index < -0.39 is 0 Å². The molecule has 4 nitrogen and oxygen atoms in total. The second-order valence-electron chi connectivity index (χ2n) is 5.93. The maximum atomic E-state index is 5.98. The van der Waals surface area contributed by atoms with Gasteiger partial charge in [0, 0.05) is 5.69 Å². The van der Waals surface area contributed by atoms with Crippen molar-refractivity contribution in [2.24, 2.45) is 10.7 Å². The summed E-state index contributed by atoms with van der Waals surface area (Å²) < 4.78 is 5.79. The molecule has 1 aliphatic rings. The van der Waals surface area contributed by atoms with Gasteiger partial charge in [-0.1, -0.05) is 24.3 Å². The Balaban J connectivity index is 1.53. The minimum Gasteiger partial charge on any atom is -0.489 e. The van der Waals surface area contributed by atoms with Crippen LogP contribution in [0.3, 0.4) is 0 Å². The number of benzene rings is 2. The van der Waals surface area contributed by atoms with E-state index in [-0.39, 0.29) is 6.10 Å². The zero-order chi connectivity index (χ0) is 16.1. The third-order valence-electron chi connectivity index (χ3n) is 3.97. The number of aryl methyl sites for hydroxylation is 2. The number of hydrogen-bond donors (Lipinski definition) is 2. The second-order valence-corrected chi connectivity index (χ2v) is 5.93. The molecular weight excluding hydrogens is 286 g/mol. The monoisotopic (exact) mass is 309 g/mol. The Kier molecular flexibility index (Phi) is 4.81. The lowest BCUT2D eigenvalue weighted by Crippen LogP contribution is -2.25. The van der Waals surface area contributed by atoms with Crippen molar-refractivity contribution in [3.05, 3.63) is 59.7 Å². The number of aliphatic imine (C=N–C) groups is 1. The predicted molar refractivity (Wildman–Crippen MR) is 95.1 cm³/mol. The molecule has 0 aromatic heterocycles. The van der Waals surface area contributed by atoms with Gasteiger partial charge in [-0.15, -0.1) is 0 Å². The van der Waals surface area contributed by atoms with Crippen LogP contribution in [0.15, 0.2) is 53.5 Å². The summed E-state index contributed by atoms with van der Waals surface area (Å²) in [4.78, 5) is 4.37. The van der Waals surface area contributed by atoms with Gasteiger partial charge < -0.3 is 15.8 Å². The predicted octanol–water partition coefficient (Wildman–Crippen LogP) is 3.37. The van der Waals surface area contributed by atoms with Crippen molar-refractivity contribution in [2.75, 3.05) is 11.9 Å². The van der Waals surface area contributed by atoms with Crippen molar-refractivity contribution in [3.8, 4) is 5.75 Å². The molecule has 0 spiro atoms. The van der Waals surface area contributed by atoms with Gasteiger partial charge in [-0.25, -0.2) is 4.99 Å². The zero-order valence-electron chi connectivity index (χ0n) is 13.5. The first kappa shape index (κ1) is 15.4. The fourth-order valence-electron chi connectivity index (χ4n) is 2.83. The molecule has 0 saturated heterocycles. The van der Waals surface area contributed by atoms with E-state index in [9.17, 15) is 0 Å². The molecule has 0 bridgehead atoms. The maximum absolute atomic E-state index is 5.98. The van der Waals surface area contributed by atoms with Gasteiger partial charge in [0.2, 0.25) is 0 Å². The lowest BCUT2D eigenvalue weighted by Gasteiger charge is -2.13. The van der Waals surface area contributed by atoms with Gasteiger partial charge in [-0.3, -0.25) is 0 Å². The van der Waals surface area contributed by atoms with E-state index in [1.165, 1.54) is 24.0 Å². The number of ether oxygens (including phenoxy) is 1. The standard InChI is InChI=1S/C19H23N3O/c1-14(23-18-8-3-2-4-9-18)13-21-19(20)22-17-11-10-15-6-5-7-16(15)12-17/h2-4,8-12,14H,5-7,13H2,1H3,(H3,20,21,22). The van der Waals surface area contributed by atoms with Gasteiger partial charge in [0.15, 0.2) is 5.96 Å². The molecule has 120 valence electrons. The highest BCUT2D eigenvalue weighted by Gasteiger charge is 2.11. The molecule has 0 saturated carbocycles. The van der Waals surface area contributed by atoms with E-state index in [1.807, 2.05) is 37.3 Å². The Hall–Kier alpha value is -2.49. The van der Waals surface area contributed by atoms with Crippen LogP contribution in [0.25, 0.3) is 0 Å². The van der Waals surface area contributed by atoms with E-state index in [0.29, 0.717) is 12.5 Å². The van der Waals surface area contributed by atoms with Crippen LogP contribution in [-0.2, 0) is 12.8 Å². The number of nitrogens with one attached hydrogen (secondary N) is 1. The summed E-state index contributed by atoms with van der Waals surface area (Å²) in [5, 5.41) is 3.16. The van der Waals surface area contributed by atoms with Crippen molar-refractivity contribution in [1.82, 2.24) is 0 Å². The fourth-order valence-corrected chi connectivity index (χ4v) is 2.83. The summed E-state index contributed by atoms with van der Waals surface area (Å²) in [5.41, 5.74) is 9.85. The molecule has 1 unspecified atom stereocenters.